The lowest BCUT2D eigenvalue weighted by atomic mass is 10.2. The summed E-state index contributed by atoms with van der Waals surface area (Å²) in [6, 6.07) is 9.79. The van der Waals surface area contributed by atoms with Crippen LogP contribution in [0.4, 0.5) is 0 Å². The van der Waals surface area contributed by atoms with E-state index < -0.39 is 0 Å². The van der Waals surface area contributed by atoms with E-state index >= 15 is 0 Å². The van der Waals surface area contributed by atoms with Crippen molar-refractivity contribution in [1.82, 2.24) is 0 Å². The van der Waals surface area contributed by atoms with E-state index in [1.54, 1.807) is 11.3 Å². The highest BCUT2D eigenvalue weighted by Crippen LogP contribution is 2.20. The maximum absolute atomic E-state index is 5.80. The Morgan fingerprint density at radius 1 is 1.19 bits per heavy atom. The average molecular weight is 318 g/mol. The second-order valence-corrected chi connectivity index (χ2v) is 5.70. The van der Waals surface area contributed by atoms with Gasteiger partial charge in [-0.3, -0.25) is 0 Å². The molecule has 16 heavy (non-hydrogen) atoms. The summed E-state index contributed by atoms with van der Waals surface area (Å²) in [4.78, 5) is 1.22. The molecule has 0 spiro atoms. The van der Waals surface area contributed by atoms with Gasteiger partial charge >= 0.3 is 0 Å². The summed E-state index contributed by atoms with van der Waals surface area (Å²) in [5, 5.41) is 2.81. The van der Waals surface area contributed by atoms with Gasteiger partial charge in [0.05, 0.1) is 13.2 Å². The van der Waals surface area contributed by atoms with Crippen molar-refractivity contribution in [3.8, 4) is 0 Å². The largest absolute Gasteiger partial charge is 0.371 e. The van der Waals surface area contributed by atoms with Gasteiger partial charge in [0.15, 0.2) is 0 Å². The fraction of sp³-hybridized carbons (Fsp3) is 0.167. The van der Waals surface area contributed by atoms with Crippen LogP contribution in [0.2, 0.25) is 5.02 Å². The molecule has 84 valence electrons. The Morgan fingerprint density at radius 3 is 2.56 bits per heavy atom. The Balaban J connectivity index is 1.82. The van der Waals surface area contributed by atoms with Gasteiger partial charge in [-0.15, -0.1) is 11.3 Å². The van der Waals surface area contributed by atoms with Gasteiger partial charge in [-0.2, -0.15) is 0 Å². The van der Waals surface area contributed by atoms with Crippen LogP contribution in [0.15, 0.2) is 40.2 Å². The van der Waals surface area contributed by atoms with E-state index in [0.29, 0.717) is 13.2 Å². The summed E-state index contributed by atoms with van der Waals surface area (Å²) < 4.78 is 6.72. The zero-order valence-electron chi connectivity index (χ0n) is 8.45. The van der Waals surface area contributed by atoms with Crippen LogP contribution in [0.5, 0.6) is 0 Å². The Bertz CT molecular complexity index is 452. The molecule has 0 fully saturated rings. The number of halogens is 2. The summed E-state index contributed by atoms with van der Waals surface area (Å²) in [5.41, 5.74) is 1.14. The van der Waals surface area contributed by atoms with Gasteiger partial charge in [0.2, 0.25) is 0 Å². The van der Waals surface area contributed by atoms with E-state index in [9.17, 15) is 0 Å². The average Bonchev–Trinajstić information content (AvgIpc) is 2.67. The van der Waals surface area contributed by atoms with E-state index in [1.165, 1.54) is 4.88 Å². The molecule has 4 heteroatoms. The molecular weight excluding hydrogens is 308 g/mol. The monoisotopic (exact) mass is 316 g/mol. The fourth-order valence-corrected chi connectivity index (χ4v) is 2.79. The minimum atomic E-state index is 0.618. The van der Waals surface area contributed by atoms with E-state index in [4.69, 9.17) is 16.3 Å². The van der Waals surface area contributed by atoms with Crippen LogP contribution in [-0.4, -0.2) is 0 Å². The summed E-state index contributed by atoms with van der Waals surface area (Å²) in [6.45, 7) is 1.27. The third-order valence-electron chi connectivity index (χ3n) is 2.05. The lowest BCUT2D eigenvalue weighted by Crippen LogP contribution is -1.91. The summed E-state index contributed by atoms with van der Waals surface area (Å²) in [5.74, 6) is 0. The van der Waals surface area contributed by atoms with Gasteiger partial charge in [0, 0.05) is 19.8 Å². The van der Waals surface area contributed by atoms with Crippen molar-refractivity contribution < 1.29 is 4.74 Å². The molecule has 0 unspecified atom stereocenters. The first-order valence-electron chi connectivity index (χ1n) is 4.79. The van der Waals surface area contributed by atoms with Gasteiger partial charge < -0.3 is 4.74 Å². The van der Waals surface area contributed by atoms with Gasteiger partial charge in [0.1, 0.15) is 0 Å². The maximum Gasteiger partial charge on any atom is 0.0814 e. The molecule has 1 aromatic heterocycles. The molecular formula is C12H10BrClOS. The van der Waals surface area contributed by atoms with Crippen molar-refractivity contribution in [2.75, 3.05) is 0 Å². The molecule has 0 aliphatic carbocycles. The molecule has 0 N–H and O–H groups in total. The molecule has 1 heterocycles. The van der Waals surface area contributed by atoms with Gasteiger partial charge in [-0.1, -0.05) is 23.7 Å². The third kappa shape index (κ3) is 3.59. The minimum absolute atomic E-state index is 0.618. The van der Waals surface area contributed by atoms with Crippen LogP contribution in [-0.2, 0) is 18.0 Å². The van der Waals surface area contributed by atoms with E-state index in [1.807, 2.05) is 24.3 Å². The number of benzene rings is 1. The van der Waals surface area contributed by atoms with Crippen molar-refractivity contribution >= 4 is 38.9 Å². The predicted molar refractivity (Wildman–Crippen MR) is 72.0 cm³/mol. The number of rotatable bonds is 4. The molecule has 2 rings (SSSR count). The Kier molecular flexibility index (Phi) is 4.41. The zero-order valence-corrected chi connectivity index (χ0v) is 11.6. The Hall–Kier alpha value is -0.350. The first-order chi connectivity index (χ1) is 7.74. The highest BCUT2D eigenvalue weighted by Gasteiger charge is 1.98. The molecule has 0 saturated carbocycles. The van der Waals surface area contributed by atoms with E-state index in [0.717, 1.165) is 15.1 Å². The standard InChI is InChI=1S/C12H10BrClOS/c13-10-5-12(16-8-10)7-15-6-9-1-3-11(14)4-2-9/h1-5,8H,6-7H2. The topological polar surface area (TPSA) is 9.23 Å². The smallest absolute Gasteiger partial charge is 0.0814 e. The van der Waals surface area contributed by atoms with Crippen LogP contribution in [0.25, 0.3) is 0 Å². The van der Waals surface area contributed by atoms with E-state index in [2.05, 4.69) is 27.4 Å². The van der Waals surface area contributed by atoms with Crippen molar-refractivity contribution in [2.45, 2.75) is 13.2 Å². The molecule has 0 radical (unpaired) electrons. The van der Waals surface area contributed by atoms with Gasteiger partial charge in [0.25, 0.3) is 0 Å². The SMILES string of the molecule is Clc1ccc(COCc2cc(Br)cs2)cc1. The number of ether oxygens (including phenoxy) is 1. The van der Waals surface area contributed by atoms with Crippen LogP contribution in [0.1, 0.15) is 10.4 Å². The second-order valence-electron chi connectivity index (χ2n) is 3.35. The molecule has 0 amide bonds. The first-order valence-corrected chi connectivity index (χ1v) is 6.84. The van der Waals surface area contributed by atoms with Crippen molar-refractivity contribution in [1.29, 1.82) is 0 Å². The predicted octanol–water partition coefficient (Wildman–Crippen LogP) is 4.88. The Labute approximate surface area is 112 Å². The van der Waals surface area contributed by atoms with Crippen LogP contribution >= 0.6 is 38.9 Å². The second kappa shape index (κ2) is 5.82. The maximum atomic E-state index is 5.80. The molecule has 1 nitrogen and oxygen atoms in total. The van der Waals surface area contributed by atoms with E-state index in [-0.39, 0.29) is 0 Å². The summed E-state index contributed by atoms with van der Waals surface area (Å²) in [6.07, 6.45) is 0. The van der Waals surface area contributed by atoms with Crippen LogP contribution in [0, 0.1) is 0 Å². The zero-order chi connectivity index (χ0) is 11.4. The minimum Gasteiger partial charge on any atom is -0.371 e. The first kappa shape index (κ1) is 12.1. The lowest BCUT2D eigenvalue weighted by molar-refractivity contribution is 0.109. The van der Waals surface area contributed by atoms with Crippen LogP contribution in [0.3, 0.4) is 0 Å². The quantitative estimate of drug-likeness (QED) is 0.781. The molecule has 2 aromatic rings. The summed E-state index contributed by atoms with van der Waals surface area (Å²) >= 11 is 10.9. The lowest BCUT2D eigenvalue weighted by Gasteiger charge is -2.02. The van der Waals surface area contributed by atoms with Gasteiger partial charge in [-0.05, 0) is 39.7 Å². The molecule has 0 aliphatic rings. The molecule has 0 saturated heterocycles. The number of hydrogen-bond acceptors (Lipinski definition) is 2. The van der Waals surface area contributed by atoms with Gasteiger partial charge in [-0.25, -0.2) is 0 Å². The highest BCUT2D eigenvalue weighted by atomic mass is 79.9. The van der Waals surface area contributed by atoms with Crippen molar-refractivity contribution in [2.24, 2.45) is 0 Å². The number of hydrogen-bond donors (Lipinski definition) is 0. The molecule has 0 bridgehead atoms. The molecule has 0 atom stereocenters. The Morgan fingerprint density at radius 2 is 1.94 bits per heavy atom. The summed E-state index contributed by atoms with van der Waals surface area (Å²) in [7, 11) is 0. The number of thiophene rings is 1. The highest BCUT2D eigenvalue weighted by molar-refractivity contribution is 9.10. The molecule has 0 aliphatic heterocycles. The van der Waals surface area contributed by atoms with Crippen molar-refractivity contribution in [3.05, 3.63) is 55.6 Å². The fourth-order valence-electron chi connectivity index (χ4n) is 1.28. The van der Waals surface area contributed by atoms with Crippen LogP contribution < -0.4 is 0 Å². The van der Waals surface area contributed by atoms with Crippen molar-refractivity contribution in [3.63, 3.8) is 0 Å². The third-order valence-corrected chi connectivity index (χ3v) is 3.97. The molecule has 1 aromatic carbocycles. The normalized spacial score (nSPS) is 10.6.